The minimum atomic E-state index is 0.564. The standard InChI is InChI=1S/C15H24N2/c1-3-8-16-10-12(2)17-11-14-9-13-6-4-5-7-15(13)14/h4-7,12,14,16-17H,3,8-11H2,1-2H3. The zero-order valence-corrected chi connectivity index (χ0v) is 11.0. The summed E-state index contributed by atoms with van der Waals surface area (Å²) in [6.07, 6.45) is 2.46. The van der Waals surface area contributed by atoms with Gasteiger partial charge in [-0.2, -0.15) is 0 Å². The van der Waals surface area contributed by atoms with Gasteiger partial charge in [0, 0.05) is 25.0 Å². The molecule has 0 amide bonds. The fourth-order valence-corrected chi connectivity index (χ4v) is 2.46. The Kier molecular flexibility index (Phi) is 4.57. The monoisotopic (exact) mass is 232 g/mol. The molecule has 1 aromatic rings. The molecular weight excluding hydrogens is 208 g/mol. The summed E-state index contributed by atoms with van der Waals surface area (Å²) in [5.41, 5.74) is 3.09. The Labute approximate surface area is 105 Å². The zero-order chi connectivity index (χ0) is 12.1. The molecule has 1 aromatic carbocycles. The third-order valence-corrected chi connectivity index (χ3v) is 3.55. The Hall–Kier alpha value is -0.860. The molecule has 2 atom stereocenters. The van der Waals surface area contributed by atoms with Crippen molar-refractivity contribution in [3.05, 3.63) is 35.4 Å². The highest BCUT2D eigenvalue weighted by Gasteiger charge is 2.24. The maximum atomic E-state index is 3.62. The van der Waals surface area contributed by atoms with E-state index < -0.39 is 0 Å². The van der Waals surface area contributed by atoms with Crippen LogP contribution in [0.1, 0.15) is 37.3 Å². The van der Waals surface area contributed by atoms with E-state index in [0.29, 0.717) is 6.04 Å². The molecule has 0 fully saturated rings. The number of hydrogen-bond acceptors (Lipinski definition) is 2. The number of benzene rings is 1. The molecule has 0 bridgehead atoms. The molecular formula is C15H24N2. The van der Waals surface area contributed by atoms with Crippen LogP contribution >= 0.6 is 0 Å². The maximum absolute atomic E-state index is 3.62. The second-order valence-corrected chi connectivity index (χ2v) is 5.11. The van der Waals surface area contributed by atoms with Crippen molar-refractivity contribution in [2.75, 3.05) is 19.6 Å². The van der Waals surface area contributed by atoms with Gasteiger partial charge in [-0.25, -0.2) is 0 Å². The average Bonchev–Trinajstić information content (AvgIpc) is 2.31. The SMILES string of the molecule is CCCNCC(C)NCC1Cc2ccccc21. The van der Waals surface area contributed by atoms with Gasteiger partial charge in [0.05, 0.1) is 0 Å². The lowest BCUT2D eigenvalue weighted by molar-refractivity contribution is 0.457. The van der Waals surface area contributed by atoms with Crippen LogP contribution in [0.2, 0.25) is 0 Å². The van der Waals surface area contributed by atoms with Crippen LogP contribution in [0.5, 0.6) is 0 Å². The van der Waals surface area contributed by atoms with Gasteiger partial charge in [0.2, 0.25) is 0 Å². The molecule has 2 unspecified atom stereocenters. The van der Waals surface area contributed by atoms with Crippen LogP contribution in [0.3, 0.4) is 0 Å². The van der Waals surface area contributed by atoms with E-state index in [1.54, 1.807) is 5.56 Å². The van der Waals surface area contributed by atoms with E-state index in [0.717, 1.165) is 25.6 Å². The predicted octanol–water partition coefficient (Wildman–Crippen LogP) is 2.30. The predicted molar refractivity (Wildman–Crippen MR) is 73.5 cm³/mol. The van der Waals surface area contributed by atoms with E-state index in [1.165, 1.54) is 18.4 Å². The lowest BCUT2D eigenvalue weighted by Crippen LogP contribution is -2.40. The Balaban J connectivity index is 1.67. The molecule has 2 rings (SSSR count). The molecule has 0 aliphatic heterocycles. The number of hydrogen-bond donors (Lipinski definition) is 2. The largest absolute Gasteiger partial charge is 0.315 e. The first-order chi connectivity index (χ1) is 8.31. The van der Waals surface area contributed by atoms with Crippen LogP contribution in [0.15, 0.2) is 24.3 Å². The van der Waals surface area contributed by atoms with E-state index in [-0.39, 0.29) is 0 Å². The molecule has 0 spiro atoms. The molecule has 0 saturated carbocycles. The highest BCUT2D eigenvalue weighted by Crippen LogP contribution is 2.33. The second kappa shape index (κ2) is 6.18. The molecule has 17 heavy (non-hydrogen) atoms. The second-order valence-electron chi connectivity index (χ2n) is 5.11. The Morgan fingerprint density at radius 2 is 2.18 bits per heavy atom. The van der Waals surface area contributed by atoms with Crippen LogP contribution in [-0.4, -0.2) is 25.7 Å². The molecule has 2 heteroatoms. The summed E-state index contributed by atoms with van der Waals surface area (Å²) in [4.78, 5) is 0. The van der Waals surface area contributed by atoms with Crippen LogP contribution in [-0.2, 0) is 6.42 Å². The molecule has 0 aromatic heterocycles. The van der Waals surface area contributed by atoms with Gasteiger partial charge in [0.25, 0.3) is 0 Å². The Morgan fingerprint density at radius 1 is 1.35 bits per heavy atom. The highest BCUT2D eigenvalue weighted by atomic mass is 15.0. The van der Waals surface area contributed by atoms with Crippen molar-refractivity contribution in [2.24, 2.45) is 0 Å². The zero-order valence-electron chi connectivity index (χ0n) is 11.0. The normalized spacial score (nSPS) is 19.5. The minimum Gasteiger partial charge on any atom is -0.315 e. The number of fused-ring (bicyclic) bond motifs is 1. The molecule has 1 aliphatic carbocycles. The molecule has 2 nitrogen and oxygen atoms in total. The summed E-state index contributed by atoms with van der Waals surface area (Å²) in [5.74, 6) is 0.736. The minimum absolute atomic E-state index is 0.564. The van der Waals surface area contributed by atoms with Gasteiger partial charge >= 0.3 is 0 Å². The van der Waals surface area contributed by atoms with E-state index in [2.05, 4.69) is 48.7 Å². The van der Waals surface area contributed by atoms with E-state index in [4.69, 9.17) is 0 Å². The van der Waals surface area contributed by atoms with Crippen molar-refractivity contribution >= 4 is 0 Å². The first kappa shape index (κ1) is 12.6. The molecule has 0 heterocycles. The van der Waals surface area contributed by atoms with Gasteiger partial charge in [-0.1, -0.05) is 31.2 Å². The summed E-state index contributed by atoms with van der Waals surface area (Å²) in [6.45, 7) is 7.77. The van der Waals surface area contributed by atoms with E-state index in [1.807, 2.05) is 0 Å². The topological polar surface area (TPSA) is 24.1 Å². The molecule has 94 valence electrons. The van der Waals surface area contributed by atoms with Gasteiger partial charge in [-0.15, -0.1) is 0 Å². The van der Waals surface area contributed by atoms with Crippen molar-refractivity contribution < 1.29 is 0 Å². The van der Waals surface area contributed by atoms with Gasteiger partial charge in [-0.05, 0) is 37.4 Å². The average molecular weight is 232 g/mol. The lowest BCUT2D eigenvalue weighted by Gasteiger charge is -2.31. The summed E-state index contributed by atoms with van der Waals surface area (Å²) < 4.78 is 0. The van der Waals surface area contributed by atoms with Crippen molar-refractivity contribution in [3.8, 4) is 0 Å². The third kappa shape index (κ3) is 3.30. The number of rotatable bonds is 7. The highest BCUT2D eigenvalue weighted by molar-refractivity contribution is 5.40. The van der Waals surface area contributed by atoms with E-state index >= 15 is 0 Å². The molecule has 0 saturated heterocycles. The molecule has 2 N–H and O–H groups in total. The van der Waals surface area contributed by atoms with Crippen molar-refractivity contribution in [3.63, 3.8) is 0 Å². The quantitative estimate of drug-likeness (QED) is 0.705. The van der Waals surface area contributed by atoms with Crippen LogP contribution in [0.25, 0.3) is 0 Å². The smallest absolute Gasteiger partial charge is 0.0164 e. The summed E-state index contributed by atoms with van der Waals surface area (Å²) >= 11 is 0. The Bertz CT molecular complexity index is 349. The van der Waals surface area contributed by atoms with Crippen molar-refractivity contribution in [1.82, 2.24) is 10.6 Å². The summed E-state index contributed by atoms with van der Waals surface area (Å²) in [5, 5.41) is 7.07. The van der Waals surface area contributed by atoms with Crippen LogP contribution in [0, 0.1) is 0 Å². The first-order valence-corrected chi connectivity index (χ1v) is 6.83. The lowest BCUT2D eigenvalue weighted by atomic mass is 9.77. The first-order valence-electron chi connectivity index (χ1n) is 6.83. The maximum Gasteiger partial charge on any atom is 0.0164 e. The third-order valence-electron chi connectivity index (χ3n) is 3.55. The van der Waals surface area contributed by atoms with Crippen molar-refractivity contribution in [2.45, 2.75) is 38.6 Å². The van der Waals surface area contributed by atoms with E-state index in [9.17, 15) is 0 Å². The van der Waals surface area contributed by atoms with Crippen molar-refractivity contribution in [1.29, 1.82) is 0 Å². The fourth-order valence-electron chi connectivity index (χ4n) is 2.46. The molecule has 0 radical (unpaired) electrons. The van der Waals surface area contributed by atoms with Crippen LogP contribution in [0.4, 0.5) is 0 Å². The molecule has 1 aliphatic rings. The van der Waals surface area contributed by atoms with Gasteiger partial charge in [0.1, 0.15) is 0 Å². The van der Waals surface area contributed by atoms with Gasteiger partial charge in [-0.3, -0.25) is 0 Å². The fraction of sp³-hybridized carbons (Fsp3) is 0.600. The van der Waals surface area contributed by atoms with Crippen LogP contribution < -0.4 is 10.6 Å². The summed E-state index contributed by atoms with van der Waals surface area (Å²) in [7, 11) is 0. The van der Waals surface area contributed by atoms with Gasteiger partial charge in [0.15, 0.2) is 0 Å². The Morgan fingerprint density at radius 3 is 2.94 bits per heavy atom. The van der Waals surface area contributed by atoms with Gasteiger partial charge < -0.3 is 10.6 Å². The summed E-state index contributed by atoms with van der Waals surface area (Å²) in [6, 6.07) is 9.37. The number of nitrogens with one attached hydrogen (secondary N) is 2.